The van der Waals surface area contributed by atoms with Gasteiger partial charge < -0.3 is 10.2 Å². The Hall–Kier alpha value is -0.820. The summed E-state index contributed by atoms with van der Waals surface area (Å²) in [4.78, 5) is 6.93. The third-order valence-corrected chi connectivity index (χ3v) is 2.97. The number of aromatic nitrogens is 1. The molecule has 1 heterocycles. The number of nitrogens with zero attached hydrogens (tertiary/aromatic N) is 2. The minimum absolute atomic E-state index is 0.0568. The van der Waals surface area contributed by atoms with E-state index in [1.807, 2.05) is 19.0 Å². The average Bonchev–Trinajstić information content (AvgIpc) is 2.59. The van der Waals surface area contributed by atoms with Gasteiger partial charge in [0.25, 0.3) is 0 Å². The lowest BCUT2D eigenvalue weighted by Gasteiger charge is -2.07. The zero-order chi connectivity index (χ0) is 12.2. The van der Waals surface area contributed by atoms with Gasteiger partial charge in [0.15, 0.2) is 5.13 Å². The molecule has 0 radical (unpaired) electrons. The number of nitrogens with one attached hydrogen (secondary N) is 1. The van der Waals surface area contributed by atoms with Gasteiger partial charge in [0, 0.05) is 38.3 Å². The van der Waals surface area contributed by atoms with Gasteiger partial charge in [-0.05, 0) is 0 Å². The maximum Gasteiger partial charge on any atom is 0.390 e. The first-order chi connectivity index (χ1) is 7.38. The second kappa shape index (κ2) is 5.49. The van der Waals surface area contributed by atoms with Crippen molar-refractivity contribution in [3.63, 3.8) is 0 Å². The molecular formula is C9H14F3N3S. The summed E-state index contributed by atoms with van der Waals surface area (Å²) < 4.78 is 35.5. The SMILES string of the molecule is CN(C)c1ncc(CNCCC(F)(F)F)s1. The van der Waals surface area contributed by atoms with Crippen LogP contribution in [0.15, 0.2) is 6.20 Å². The lowest BCUT2D eigenvalue weighted by molar-refractivity contribution is -0.133. The summed E-state index contributed by atoms with van der Waals surface area (Å²) in [5, 5.41) is 3.60. The van der Waals surface area contributed by atoms with E-state index >= 15 is 0 Å². The summed E-state index contributed by atoms with van der Waals surface area (Å²) >= 11 is 1.47. The van der Waals surface area contributed by atoms with Gasteiger partial charge in [-0.15, -0.1) is 11.3 Å². The topological polar surface area (TPSA) is 28.2 Å². The van der Waals surface area contributed by atoms with E-state index in [-0.39, 0.29) is 6.54 Å². The molecule has 92 valence electrons. The number of rotatable bonds is 5. The van der Waals surface area contributed by atoms with E-state index < -0.39 is 12.6 Å². The largest absolute Gasteiger partial charge is 0.390 e. The van der Waals surface area contributed by atoms with Gasteiger partial charge in [0.05, 0.1) is 6.42 Å². The van der Waals surface area contributed by atoms with Gasteiger partial charge in [0.1, 0.15) is 0 Å². The van der Waals surface area contributed by atoms with Gasteiger partial charge in [-0.25, -0.2) is 4.98 Å². The molecule has 16 heavy (non-hydrogen) atoms. The third-order valence-electron chi connectivity index (χ3n) is 1.81. The molecule has 7 heteroatoms. The van der Waals surface area contributed by atoms with Crippen LogP contribution < -0.4 is 10.2 Å². The Kier molecular flexibility index (Phi) is 4.55. The Balaban J connectivity index is 2.27. The summed E-state index contributed by atoms with van der Waals surface area (Å²) in [6, 6.07) is 0. The highest BCUT2D eigenvalue weighted by molar-refractivity contribution is 7.15. The zero-order valence-corrected chi connectivity index (χ0v) is 9.95. The average molecular weight is 253 g/mol. The van der Waals surface area contributed by atoms with Crippen LogP contribution in [0.5, 0.6) is 0 Å². The molecule has 1 aromatic heterocycles. The van der Waals surface area contributed by atoms with Crippen LogP contribution in [-0.4, -0.2) is 31.8 Å². The molecule has 1 rings (SSSR count). The van der Waals surface area contributed by atoms with Crippen molar-refractivity contribution in [1.82, 2.24) is 10.3 Å². The van der Waals surface area contributed by atoms with Crippen molar-refractivity contribution >= 4 is 16.5 Å². The normalized spacial score (nSPS) is 11.8. The molecule has 1 N–H and O–H groups in total. The van der Waals surface area contributed by atoms with Crippen molar-refractivity contribution in [1.29, 1.82) is 0 Å². The van der Waals surface area contributed by atoms with Crippen LogP contribution in [0, 0.1) is 0 Å². The molecular weight excluding hydrogens is 239 g/mol. The van der Waals surface area contributed by atoms with Crippen molar-refractivity contribution in [3.05, 3.63) is 11.1 Å². The van der Waals surface area contributed by atoms with E-state index in [4.69, 9.17) is 0 Å². The lowest BCUT2D eigenvalue weighted by Crippen LogP contribution is -2.20. The highest BCUT2D eigenvalue weighted by Gasteiger charge is 2.25. The molecule has 0 aliphatic heterocycles. The number of alkyl halides is 3. The molecule has 0 spiro atoms. The Morgan fingerprint density at radius 3 is 2.62 bits per heavy atom. The molecule has 0 atom stereocenters. The van der Waals surface area contributed by atoms with E-state index in [9.17, 15) is 13.2 Å². The summed E-state index contributed by atoms with van der Waals surface area (Å²) in [5.41, 5.74) is 0. The van der Waals surface area contributed by atoms with E-state index in [1.54, 1.807) is 6.20 Å². The second-order valence-electron chi connectivity index (χ2n) is 3.55. The third kappa shape index (κ3) is 4.80. The Morgan fingerprint density at radius 1 is 1.44 bits per heavy atom. The fraction of sp³-hybridized carbons (Fsp3) is 0.667. The Morgan fingerprint density at radius 2 is 2.12 bits per heavy atom. The number of anilines is 1. The van der Waals surface area contributed by atoms with Crippen molar-refractivity contribution < 1.29 is 13.2 Å². The molecule has 0 unspecified atom stereocenters. The maximum absolute atomic E-state index is 11.8. The van der Waals surface area contributed by atoms with Crippen LogP contribution >= 0.6 is 11.3 Å². The van der Waals surface area contributed by atoms with Gasteiger partial charge in [-0.1, -0.05) is 0 Å². The van der Waals surface area contributed by atoms with E-state index in [0.717, 1.165) is 10.0 Å². The lowest BCUT2D eigenvalue weighted by atomic mass is 10.4. The fourth-order valence-corrected chi connectivity index (χ4v) is 1.83. The number of thiazole rings is 1. The van der Waals surface area contributed by atoms with E-state index in [2.05, 4.69) is 10.3 Å². The Bertz CT molecular complexity index is 322. The first-order valence-corrected chi connectivity index (χ1v) is 5.59. The quantitative estimate of drug-likeness (QED) is 0.816. The molecule has 0 aliphatic carbocycles. The van der Waals surface area contributed by atoms with Crippen LogP contribution in [0.3, 0.4) is 0 Å². The molecule has 3 nitrogen and oxygen atoms in total. The van der Waals surface area contributed by atoms with Gasteiger partial charge in [-0.3, -0.25) is 0 Å². The first kappa shape index (κ1) is 13.2. The molecule has 0 fully saturated rings. The van der Waals surface area contributed by atoms with E-state index in [1.165, 1.54) is 11.3 Å². The minimum Gasteiger partial charge on any atom is -0.354 e. The molecule has 0 aliphatic rings. The van der Waals surface area contributed by atoms with Crippen molar-refractivity contribution in [2.24, 2.45) is 0 Å². The van der Waals surface area contributed by atoms with Crippen LogP contribution in [0.2, 0.25) is 0 Å². The van der Waals surface area contributed by atoms with Crippen molar-refractivity contribution in [3.8, 4) is 0 Å². The molecule has 0 bridgehead atoms. The number of hydrogen-bond donors (Lipinski definition) is 1. The standard InChI is InChI=1S/C9H14F3N3S/c1-15(2)8-14-6-7(16-8)5-13-4-3-9(10,11)12/h6,13H,3-5H2,1-2H3. The van der Waals surface area contributed by atoms with Gasteiger partial charge in [-0.2, -0.15) is 13.2 Å². The maximum atomic E-state index is 11.8. The molecule has 0 saturated carbocycles. The first-order valence-electron chi connectivity index (χ1n) is 4.78. The highest BCUT2D eigenvalue weighted by Crippen LogP contribution is 2.21. The van der Waals surface area contributed by atoms with Gasteiger partial charge >= 0.3 is 6.18 Å². The summed E-state index contributed by atoms with van der Waals surface area (Å²) in [6.45, 7) is 0.375. The fourth-order valence-electron chi connectivity index (χ4n) is 1.03. The molecule has 0 amide bonds. The van der Waals surface area contributed by atoms with E-state index in [0.29, 0.717) is 6.54 Å². The van der Waals surface area contributed by atoms with Crippen LogP contribution in [0.25, 0.3) is 0 Å². The second-order valence-corrected chi connectivity index (χ2v) is 4.64. The van der Waals surface area contributed by atoms with Crippen LogP contribution in [0.1, 0.15) is 11.3 Å². The summed E-state index contributed by atoms with van der Waals surface area (Å²) in [7, 11) is 3.75. The summed E-state index contributed by atoms with van der Waals surface area (Å²) in [6.07, 6.45) is -3.21. The van der Waals surface area contributed by atoms with Crippen molar-refractivity contribution in [2.45, 2.75) is 19.1 Å². The molecule has 0 aromatic carbocycles. The zero-order valence-electron chi connectivity index (χ0n) is 9.14. The predicted octanol–water partition coefficient (Wildman–Crippen LogP) is 2.25. The van der Waals surface area contributed by atoms with Gasteiger partial charge in [0.2, 0.25) is 0 Å². The monoisotopic (exact) mass is 253 g/mol. The summed E-state index contributed by atoms with van der Waals surface area (Å²) in [5.74, 6) is 0. The number of hydrogen-bond acceptors (Lipinski definition) is 4. The number of halogens is 3. The molecule has 1 aromatic rings. The smallest absolute Gasteiger partial charge is 0.354 e. The highest BCUT2D eigenvalue weighted by atomic mass is 32.1. The minimum atomic E-state index is -4.09. The molecule has 0 saturated heterocycles. The Labute approximate surface area is 96.3 Å². The van der Waals surface area contributed by atoms with Crippen LogP contribution in [-0.2, 0) is 6.54 Å². The predicted molar refractivity (Wildman–Crippen MR) is 58.8 cm³/mol. The van der Waals surface area contributed by atoms with Crippen LogP contribution in [0.4, 0.5) is 18.3 Å². The van der Waals surface area contributed by atoms with Crippen molar-refractivity contribution in [2.75, 3.05) is 25.5 Å².